The van der Waals surface area contributed by atoms with Crippen molar-refractivity contribution >= 4 is 44.8 Å². The van der Waals surface area contributed by atoms with E-state index in [-0.39, 0.29) is 9.33 Å². The van der Waals surface area contributed by atoms with Gasteiger partial charge in [0.25, 0.3) is 16.4 Å². The fraction of sp³-hybridized carbons (Fsp3) is 0.214. The number of fused-ring (bicyclic) bond motifs is 1. The van der Waals surface area contributed by atoms with Gasteiger partial charge in [0, 0.05) is 18.0 Å². The molecule has 0 fully saturated rings. The number of benzene rings is 1. The van der Waals surface area contributed by atoms with Crippen LogP contribution in [0.2, 0.25) is 10.0 Å². The molecule has 1 unspecified atom stereocenters. The summed E-state index contributed by atoms with van der Waals surface area (Å²) in [6.07, 6.45) is -0.941. The second-order valence-electron chi connectivity index (χ2n) is 5.20. The number of ketones is 1. The molecule has 3 rings (SSSR count). The van der Waals surface area contributed by atoms with Crippen LogP contribution in [0, 0.1) is 5.82 Å². The van der Waals surface area contributed by atoms with Crippen molar-refractivity contribution < 1.29 is 26.4 Å². The minimum atomic E-state index is -4.82. The number of hydrogen-bond acceptors (Lipinski definition) is 5. The summed E-state index contributed by atoms with van der Waals surface area (Å²) in [6.45, 7) is -1.28. The maximum atomic E-state index is 14.3. The zero-order valence-corrected chi connectivity index (χ0v) is 14.9. The molecule has 0 saturated carbocycles. The van der Waals surface area contributed by atoms with Gasteiger partial charge in [-0.05, 0) is 12.1 Å². The average molecular weight is 426 g/mol. The van der Waals surface area contributed by atoms with E-state index in [0.29, 0.717) is 0 Å². The fourth-order valence-electron chi connectivity index (χ4n) is 2.57. The van der Waals surface area contributed by atoms with E-state index in [4.69, 9.17) is 23.2 Å². The number of carbonyl (C=O) groups excluding carboxylic acids is 1. The Kier molecular flexibility index (Phi) is 4.84. The SMILES string of the molecule is O=C1c2nccnc2N(CC(F)F)S(=O)(=O)C1c1c(F)ccc(Cl)c1Cl. The van der Waals surface area contributed by atoms with Crippen molar-refractivity contribution in [3.05, 3.63) is 51.6 Å². The van der Waals surface area contributed by atoms with Crippen molar-refractivity contribution in [3.8, 4) is 0 Å². The molecule has 26 heavy (non-hydrogen) atoms. The van der Waals surface area contributed by atoms with Gasteiger partial charge in [-0.1, -0.05) is 23.2 Å². The van der Waals surface area contributed by atoms with Gasteiger partial charge in [0.1, 0.15) is 5.82 Å². The van der Waals surface area contributed by atoms with Crippen molar-refractivity contribution in [1.29, 1.82) is 0 Å². The normalized spacial score (nSPS) is 18.9. The number of anilines is 1. The molecular formula is C14H8Cl2F3N3O3S. The van der Waals surface area contributed by atoms with Crippen LogP contribution in [0.3, 0.4) is 0 Å². The smallest absolute Gasteiger partial charge is 0.257 e. The molecule has 1 aliphatic heterocycles. The summed E-state index contributed by atoms with van der Waals surface area (Å²) >= 11 is 11.7. The third-order valence-electron chi connectivity index (χ3n) is 3.64. The lowest BCUT2D eigenvalue weighted by molar-refractivity contribution is 0.0976. The van der Waals surface area contributed by atoms with Crippen LogP contribution in [0.15, 0.2) is 24.5 Å². The summed E-state index contributed by atoms with van der Waals surface area (Å²) in [5, 5.41) is -2.91. The summed E-state index contributed by atoms with van der Waals surface area (Å²) in [6, 6.07) is 1.91. The van der Waals surface area contributed by atoms with E-state index in [0.717, 1.165) is 24.5 Å². The van der Waals surface area contributed by atoms with Gasteiger partial charge in [0.2, 0.25) is 5.78 Å². The first kappa shape index (κ1) is 18.9. The number of nitrogens with zero attached hydrogens (tertiary/aromatic N) is 3. The Morgan fingerprint density at radius 2 is 1.85 bits per heavy atom. The molecule has 0 aliphatic carbocycles. The number of carbonyl (C=O) groups is 1. The van der Waals surface area contributed by atoms with Gasteiger partial charge in [-0.2, -0.15) is 0 Å². The molecule has 138 valence electrons. The van der Waals surface area contributed by atoms with Crippen LogP contribution in [0.5, 0.6) is 0 Å². The summed E-state index contributed by atoms with van der Waals surface area (Å²) in [7, 11) is -4.82. The maximum absolute atomic E-state index is 14.3. The van der Waals surface area contributed by atoms with Gasteiger partial charge in [0.15, 0.2) is 16.8 Å². The quantitative estimate of drug-likeness (QED) is 0.704. The molecule has 1 atom stereocenters. The molecule has 0 amide bonds. The van der Waals surface area contributed by atoms with Crippen molar-refractivity contribution in [2.24, 2.45) is 0 Å². The van der Waals surface area contributed by atoms with Crippen LogP contribution in [0.4, 0.5) is 19.0 Å². The first-order valence-electron chi connectivity index (χ1n) is 6.94. The monoisotopic (exact) mass is 425 g/mol. The summed E-state index contributed by atoms with van der Waals surface area (Å²) in [5.74, 6) is -2.81. The van der Waals surface area contributed by atoms with Gasteiger partial charge >= 0.3 is 0 Å². The fourth-order valence-corrected chi connectivity index (χ4v) is 4.92. The Morgan fingerprint density at radius 1 is 1.19 bits per heavy atom. The first-order valence-corrected chi connectivity index (χ1v) is 9.20. The van der Waals surface area contributed by atoms with E-state index in [1.165, 1.54) is 0 Å². The third kappa shape index (κ3) is 2.91. The van der Waals surface area contributed by atoms with Crippen LogP contribution >= 0.6 is 23.2 Å². The van der Waals surface area contributed by atoms with Crippen molar-refractivity contribution in [2.75, 3.05) is 10.8 Å². The van der Waals surface area contributed by atoms with Gasteiger partial charge in [0.05, 0.1) is 16.6 Å². The number of sulfonamides is 1. The number of hydrogen-bond donors (Lipinski definition) is 0. The summed E-state index contributed by atoms with van der Waals surface area (Å²) in [4.78, 5) is 20.1. The van der Waals surface area contributed by atoms with Crippen molar-refractivity contribution in [1.82, 2.24) is 9.97 Å². The molecule has 6 nitrogen and oxygen atoms in total. The minimum Gasteiger partial charge on any atom is -0.290 e. The zero-order valence-electron chi connectivity index (χ0n) is 12.5. The molecule has 12 heteroatoms. The minimum absolute atomic E-state index is 0.198. The molecule has 0 N–H and O–H groups in total. The molecule has 1 aromatic heterocycles. The van der Waals surface area contributed by atoms with Crippen LogP contribution in [-0.4, -0.2) is 37.1 Å². The Morgan fingerprint density at radius 3 is 2.50 bits per heavy atom. The predicted molar refractivity (Wildman–Crippen MR) is 87.8 cm³/mol. The molecule has 1 aromatic carbocycles. The van der Waals surface area contributed by atoms with Gasteiger partial charge in [-0.15, -0.1) is 0 Å². The standard InChI is InChI=1S/C14H8Cl2F3N3O3S/c15-6-1-2-7(17)9(10(6)16)13-12(23)11-14(21-4-3-20-11)22(5-8(18)19)26(13,24)25/h1-4,8,13H,5H2. The second-order valence-corrected chi connectivity index (χ2v) is 7.92. The molecule has 1 aliphatic rings. The molecule has 0 saturated heterocycles. The van der Waals surface area contributed by atoms with Gasteiger partial charge in [-0.25, -0.2) is 35.9 Å². The number of rotatable bonds is 3. The topological polar surface area (TPSA) is 80.2 Å². The molecule has 0 radical (unpaired) electrons. The number of Topliss-reactive ketones (excluding diaryl/α,β-unsaturated/α-hetero) is 1. The summed E-state index contributed by atoms with van der Waals surface area (Å²) in [5.41, 5.74) is -1.21. The molecule has 2 aromatic rings. The third-order valence-corrected chi connectivity index (χ3v) is 6.44. The summed E-state index contributed by atoms with van der Waals surface area (Å²) < 4.78 is 66.2. The number of alkyl halides is 2. The zero-order chi connectivity index (χ0) is 19.2. The highest BCUT2D eigenvalue weighted by Gasteiger charge is 2.50. The largest absolute Gasteiger partial charge is 0.290 e. The van der Waals surface area contributed by atoms with Crippen LogP contribution < -0.4 is 4.31 Å². The lowest BCUT2D eigenvalue weighted by Crippen LogP contribution is -2.46. The van der Waals surface area contributed by atoms with Crippen molar-refractivity contribution in [3.63, 3.8) is 0 Å². The van der Waals surface area contributed by atoms with Crippen LogP contribution in [-0.2, 0) is 10.0 Å². The predicted octanol–water partition coefficient (Wildman–Crippen LogP) is 3.26. The van der Waals surface area contributed by atoms with Gasteiger partial charge < -0.3 is 0 Å². The molecule has 0 bridgehead atoms. The Bertz CT molecular complexity index is 1000. The van der Waals surface area contributed by atoms with Crippen molar-refractivity contribution in [2.45, 2.75) is 11.7 Å². The second kappa shape index (κ2) is 6.67. The van der Waals surface area contributed by atoms with E-state index >= 15 is 0 Å². The highest BCUT2D eigenvalue weighted by Crippen LogP contribution is 2.43. The van der Waals surface area contributed by atoms with E-state index in [1.54, 1.807) is 0 Å². The highest BCUT2D eigenvalue weighted by molar-refractivity contribution is 7.94. The molecule has 0 spiro atoms. The van der Waals surface area contributed by atoms with Crippen LogP contribution in [0.1, 0.15) is 21.3 Å². The Hall–Kier alpha value is -1.91. The lowest BCUT2D eigenvalue weighted by atomic mass is 10.0. The lowest BCUT2D eigenvalue weighted by Gasteiger charge is -2.33. The number of halogens is 5. The van der Waals surface area contributed by atoms with E-state index in [9.17, 15) is 26.4 Å². The average Bonchev–Trinajstić information content (AvgIpc) is 2.58. The molecule has 2 heterocycles. The molecular weight excluding hydrogens is 418 g/mol. The highest BCUT2D eigenvalue weighted by atomic mass is 35.5. The maximum Gasteiger partial charge on any atom is 0.257 e. The van der Waals surface area contributed by atoms with Crippen LogP contribution in [0.25, 0.3) is 0 Å². The Labute approximate surface area is 155 Å². The number of aromatic nitrogens is 2. The van der Waals surface area contributed by atoms with E-state index in [2.05, 4.69) is 9.97 Å². The van der Waals surface area contributed by atoms with Gasteiger partial charge in [-0.3, -0.25) is 4.79 Å². The van der Waals surface area contributed by atoms with E-state index in [1.807, 2.05) is 0 Å². The van der Waals surface area contributed by atoms with E-state index < -0.39 is 61.9 Å². The Balaban J connectivity index is 2.31. The first-order chi connectivity index (χ1) is 12.2.